The zero-order valence-electron chi connectivity index (χ0n) is 15.0. The average molecular weight is 352 g/mol. The maximum Gasteiger partial charge on any atom is 0.278 e. The first-order valence-corrected chi connectivity index (χ1v) is 8.88. The van der Waals surface area contributed by atoms with Gasteiger partial charge in [0.25, 0.3) is 17.1 Å². The number of nitrogen functional groups attached to an aromatic ring is 1. The summed E-state index contributed by atoms with van der Waals surface area (Å²) in [6.07, 6.45) is 5.91. The molecule has 0 aliphatic heterocycles. The van der Waals surface area contributed by atoms with E-state index in [0.717, 1.165) is 31.2 Å². The lowest BCUT2D eigenvalue weighted by Crippen LogP contribution is -2.41. The highest BCUT2D eigenvalue weighted by atomic mass is 16.2. The molecular formula is C19H22N5O2+. The predicted molar refractivity (Wildman–Crippen MR) is 99.0 cm³/mol. The highest BCUT2D eigenvalue weighted by Crippen LogP contribution is 2.20. The van der Waals surface area contributed by atoms with E-state index in [1.54, 1.807) is 23.9 Å². The number of amides is 1. The van der Waals surface area contributed by atoms with E-state index < -0.39 is 0 Å². The third-order valence-corrected chi connectivity index (χ3v) is 5.24. The maximum atomic E-state index is 13.0. The lowest BCUT2D eigenvalue weighted by Gasteiger charge is -2.13. The quantitative estimate of drug-likeness (QED) is 0.536. The molecule has 0 radical (unpaired) electrons. The topological polar surface area (TPSA) is 93.4 Å². The first-order chi connectivity index (χ1) is 12.5. The van der Waals surface area contributed by atoms with Crippen molar-refractivity contribution in [2.45, 2.75) is 38.6 Å². The van der Waals surface area contributed by atoms with Crippen molar-refractivity contribution >= 4 is 28.4 Å². The van der Waals surface area contributed by atoms with Crippen LogP contribution >= 0.6 is 0 Å². The minimum Gasteiger partial charge on any atom is -0.349 e. The number of anilines is 1. The van der Waals surface area contributed by atoms with Crippen LogP contribution in [0, 0.1) is 6.92 Å². The summed E-state index contributed by atoms with van der Waals surface area (Å²) >= 11 is 0. The number of carbonyl (C=O) groups is 1. The molecule has 26 heavy (non-hydrogen) atoms. The van der Waals surface area contributed by atoms with Crippen LogP contribution < -0.4 is 21.2 Å². The Labute approximate surface area is 150 Å². The van der Waals surface area contributed by atoms with Crippen LogP contribution in [0.1, 0.15) is 41.6 Å². The number of hydrogen-bond donors (Lipinski definition) is 2. The third-order valence-electron chi connectivity index (χ3n) is 5.24. The molecule has 1 aliphatic rings. The number of carbonyl (C=O) groups excluding carboxylic acids is 1. The number of aromatic nitrogens is 3. The summed E-state index contributed by atoms with van der Waals surface area (Å²) in [7, 11) is 1.73. The van der Waals surface area contributed by atoms with Crippen molar-refractivity contribution in [3.05, 3.63) is 45.9 Å². The van der Waals surface area contributed by atoms with Crippen LogP contribution in [0.5, 0.6) is 0 Å². The van der Waals surface area contributed by atoms with Gasteiger partial charge in [0.05, 0.1) is 7.05 Å². The van der Waals surface area contributed by atoms with Gasteiger partial charge in [-0.05, 0) is 31.9 Å². The third kappa shape index (κ3) is 2.51. The molecule has 7 heteroatoms. The molecule has 3 heterocycles. The number of nitrogens with one attached hydrogen (secondary N) is 1. The number of hydrogen-bond acceptors (Lipinski definition) is 4. The fourth-order valence-corrected chi connectivity index (χ4v) is 3.71. The van der Waals surface area contributed by atoms with Crippen molar-refractivity contribution in [1.29, 1.82) is 0 Å². The Hall–Kier alpha value is -2.96. The summed E-state index contributed by atoms with van der Waals surface area (Å²) in [6, 6.07) is 5.46. The fourth-order valence-electron chi connectivity index (χ4n) is 3.71. The molecule has 1 fully saturated rings. The molecule has 0 saturated heterocycles. The highest BCUT2D eigenvalue weighted by molar-refractivity contribution is 6.00. The monoisotopic (exact) mass is 352 g/mol. The van der Waals surface area contributed by atoms with Crippen LogP contribution in [0.25, 0.3) is 16.7 Å². The fraction of sp³-hybridized carbons (Fsp3) is 0.368. The number of nitrogens with zero attached hydrogens (tertiary/aromatic N) is 3. The van der Waals surface area contributed by atoms with E-state index in [1.165, 1.54) is 4.40 Å². The van der Waals surface area contributed by atoms with E-state index in [9.17, 15) is 9.59 Å². The summed E-state index contributed by atoms with van der Waals surface area (Å²) in [4.78, 5) is 30.3. The Morgan fingerprint density at radius 3 is 2.85 bits per heavy atom. The summed E-state index contributed by atoms with van der Waals surface area (Å²) in [5, 5.41) is 3.41. The molecule has 0 aromatic carbocycles. The van der Waals surface area contributed by atoms with Crippen molar-refractivity contribution < 1.29 is 9.36 Å². The Morgan fingerprint density at radius 2 is 2.12 bits per heavy atom. The zero-order chi connectivity index (χ0) is 18.4. The summed E-state index contributed by atoms with van der Waals surface area (Å²) in [5.74, 6) is 0.0680. The number of pyridine rings is 2. The number of aryl methyl sites for hydroxylation is 2. The van der Waals surface area contributed by atoms with E-state index in [1.807, 2.05) is 19.1 Å². The lowest BCUT2D eigenvalue weighted by atomic mass is 10.1. The van der Waals surface area contributed by atoms with Crippen LogP contribution in [0.4, 0.5) is 5.82 Å². The van der Waals surface area contributed by atoms with Crippen molar-refractivity contribution in [2.75, 3.05) is 5.73 Å². The maximum absolute atomic E-state index is 13.0. The van der Waals surface area contributed by atoms with E-state index >= 15 is 0 Å². The molecule has 4 rings (SSSR count). The normalized spacial score (nSPS) is 15.0. The van der Waals surface area contributed by atoms with Gasteiger partial charge in [-0.25, -0.2) is 4.57 Å². The number of rotatable bonds is 2. The second kappa shape index (κ2) is 6.09. The van der Waals surface area contributed by atoms with Gasteiger partial charge in [0, 0.05) is 17.8 Å². The lowest BCUT2D eigenvalue weighted by molar-refractivity contribution is -0.632. The molecule has 0 unspecified atom stereocenters. The summed E-state index contributed by atoms with van der Waals surface area (Å²) in [6.45, 7) is 1.90. The molecular weight excluding hydrogens is 330 g/mol. The molecule has 3 N–H and O–H groups in total. The van der Waals surface area contributed by atoms with Crippen LogP contribution in [-0.2, 0) is 7.05 Å². The van der Waals surface area contributed by atoms with Gasteiger partial charge in [0.1, 0.15) is 10.9 Å². The summed E-state index contributed by atoms with van der Waals surface area (Å²) < 4.78 is 3.12. The van der Waals surface area contributed by atoms with Gasteiger partial charge in [0.15, 0.2) is 0 Å². The molecule has 0 atom stereocenters. The first kappa shape index (κ1) is 16.5. The van der Waals surface area contributed by atoms with Crippen molar-refractivity contribution in [1.82, 2.24) is 14.7 Å². The van der Waals surface area contributed by atoms with E-state index in [-0.39, 0.29) is 17.5 Å². The van der Waals surface area contributed by atoms with Gasteiger partial charge in [-0.1, -0.05) is 23.9 Å². The van der Waals surface area contributed by atoms with Crippen LogP contribution in [0.3, 0.4) is 0 Å². The van der Waals surface area contributed by atoms with Gasteiger partial charge < -0.3 is 11.1 Å². The first-order valence-electron chi connectivity index (χ1n) is 8.88. The molecule has 3 aromatic heterocycles. The van der Waals surface area contributed by atoms with Crippen LogP contribution in [0.2, 0.25) is 0 Å². The standard InChI is InChI=1S/C19H21N5O2/c1-11-6-5-9-24-16(11)22-17-14(19(24)26)10-13(15(20)23(17)2)18(25)21-12-7-3-4-8-12/h5-6,9-10,12,20H,3-4,7-8H2,1-2H3,(H,21,25)/p+1. The number of nitrogens with two attached hydrogens (primary N) is 1. The van der Waals surface area contributed by atoms with E-state index in [2.05, 4.69) is 10.3 Å². The average Bonchev–Trinajstić information content (AvgIpc) is 3.12. The SMILES string of the molecule is Cc1cccn2c(=O)c3cc(C(=O)NC4CCCC4)c(N)[n+](C)c3nc12. The van der Waals surface area contributed by atoms with Crippen LogP contribution in [-0.4, -0.2) is 21.3 Å². The van der Waals surface area contributed by atoms with Gasteiger partial charge >= 0.3 is 0 Å². The van der Waals surface area contributed by atoms with Crippen molar-refractivity contribution in [3.8, 4) is 0 Å². The second-order valence-corrected chi connectivity index (χ2v) is 7.00. The Morgan fingerprint density at radius 1 is 1.38 bits per heavy atom. The number of fused-ring (bicyclic) bond motifs is 2. The van der Waals surface area contributed by atoms with E-state index in [4.69, 9.17) is 5.73 Å². The van der Waals surface area contributed by atoms with Gasteiger partial charge in [-0.3, -0.25) is 14.0 Å². The van der Waals surface area contributed by atoms with E-state index in [0.29, 0.717) is 28.1 Å². The highest BCUT2D eigenvalue weighted by Gasteiger charge is 2.25. The van der Waals surface area contributed by atoms with Gasteiger partial charge in [-0.2, -0.15) is 0 Å². The Bertz CT molecular complexity index is 1100. The van der Waals surface area contributed by atoms with Crippen molar-refractivity contribution in [2.24, 2.45) is 7.05 Å². The summed E-state index contributed by atoms with van der Waals surface area (Å²) in [5.41, 5.74) is 8.27. The Kier molecular flexibility index (Phi) is 3.86. The molecule has 3 aromatic rings. The minimum atomic E-state index is -0.236. The molecule has 1 amide bonds. The van der Waals surface area contributed by atoms with Gasteiger partial charge in [0.2, 0.25) is 11.5 Å². The smallest absolute Gasteiger partial charge is 0.278 e. The second-order valence-electron chi connectivity index (χ2n) is 7.00. The zero-order valence-corrected chi connectivity index (χ0v) is 15.0. The molecule has 0 spiro atoms. The predicted octanol–water partition coefficient (Wildman–Crippen LogP) is 1.24. The molecule has 134 valence electrons. The van der Waals surface area contributed by atoms with Crippen molar-refractivity contribution in [3.63, 3.8) is 0 Å². The largest absolute Gasteiger partial charge is 0.349 e. The molecule has 0 bridgehead atoms. The Balaban J connectivity index is 1.92. The van der Waals surface area contributed by atoms with Gasteiger partial charge in [-0.15, -0.1) is 0 Å². The molecule has 1 saturated carbocycles. The molecule has 1 aliphatic carbocycles. The minimum absolute atomic E-state index is 0.182. The van der Waals surface area contributed by atoms with Crippen LogP contribution in [0.15, 0.2) is 29.2 Å². The molecule has 7 nitrogen and oxygen atoms in total.